The Kier molecular flexibility index (Phi) is 14.1. The molecule has 358 valence electrons. The van der Waals surface area contributed by atoms with Crippen LogP contribution in [0.2, 0.25) is 0 Å². The Bertz CT molecular complexity index is 1680. The average molecular weight is 899 g/mol. The molecule has 4 heterocycles. The zero-order valence-corrected chi connectivity index (χ0v) is 36.7. The largest absolute Gasteiger partial charge is 0.394 e. The van der Waals surface area contributed by atoms with E-state index in [1.54, 1.807) is 0 Å². The van der Waals surface area contributed by atoms with E-state index in [1.165, 1.54) is 18.8 Å². The lowest BCUT2D eigenvalue weighted by Gasteiger charge is -2.58. The summed E-state index contributed by atoms with van der Waals surface area (Å²) in [5.41, 5.74) is 1.58. The van der Waals surface area contributed by atoms with E-state index in [9.17, 15) is 55.9 Å². The SMILES string of the molecule is CC(C)=C[C@@H]1[C@@H](C)[C@H]2C(C[C@H]3[C@@H]4CC=C5CC(OC6OC(CO)C(O)C(O)C6OC6OC(CO)C(O)C(O)C6OC6OC(C)C(O)C(O)C6O)CC[C@]5(C)[C@H]4CC[C@]23C=O)O[C@H]1O. The van der Waals surface area contributed by atoms with Crippen LogP contribution in [0.1, 0.15) is 79.6 Å². The van der Waals surface area contributed by atoms with E-state index in [0.29, 0.717) is 18.8 Å². The third-order valence-electron chi connectivity index (χ3n) is 16.7. The molecular weight excluding hydrogens is 828 g/mol. The number of ether oxygens (including phenoxy) is 7. The highest BCUT2D eigenvalue weighted by Gasteiger charge is 2.67. The molecule has 0 aromatic carbocycles. The van der Waals surface area contributed by atoms with E-state index >= 15 is 0 Å². The van der Waals surface area contributed by atoms with Crippen LogP contribution in [-0.2, 0) is 38.0 Å². The molecule has 18 heteroatoms. The third kappa shape index (κ3) is 8.23. The second-order valence-electron chi connectivity index (χ2n) is 20.3. The molecule has 3 saturated carbocycles. The number of carbonyl (C=O) groups is 1. The van der Waals surface area contributed by atoms with Gasteiger partial charge in [-0.1, -0.05) is 37.1 Å². The van der Waals surface area contributed by atoms with Gasteiger partial charge < -0.3 is 89.0 Å². The highest BCUT2D eigenvalue weighted by atomic mass is 16.8. The molecule has 4 aliphatic heterocycles. The predicted octanol–water partition coefficient (Wildman–Crippen LogP) is -0.849. The molecule has 17 unspecified atom stereocenters. The maximum Gasteiger partial charge on any atom is 0.187 e. The van der Waals surface area contributed by atoms with Gasteiger partial charge in [-0.3, -0.25) is 0 Å². The zero-order chi connectivity index (χ0) is 45.4. The lowest BCUT2D eigenvalue weighted by Crippen LogP contribution is -2.67. The molecule has 0 radical (unpaired) electrons. The molecule has 0 bridgehead atoms. The first-order valence-electron chi connectivity index (χ1n) is 22.9. The molecule has 4 saturated heterocycles. The minimum Gasteiger partial charge on any atom is -0.394 e. The molecule has 0 aromatic rings. The summed E-state index contributed by atoms with van der Waals surface area (Å²) in [6.07, 6.45) is -14.7. The van der Waals surface area contributed by atoms with Crippen LogP contribution in [0.15, 0.2) is 23.3 Å². The first-order chi connectivity index (χ1) is 29.9. The molecule has 0 aromatic heterocycles. The normalized spacial score (nSPS) is 54.5. The van der Waals surface area contributed by atoms with Gasteiger partial charge in [0, 0.05) is 17.3 Å². The lowest BCUT2D eigenvalue weighted by molar-refractivity contribution is -0.394. The Hall–Kier alpha value is -1.53. The van der Waals surface area contributed by atoms with Crippen molar-refractivity contribution in [2.75, 3.05) is 13.2 Å². The fraction of sp³-hybridized carbons (Fsp3) is 0.889. The van der Waals surface area contributed by atoms with Crippen molar-refractivity contribution in [1.82, 2.24) is 0 Å². The second-order valence-corrected chi connectivity index (χ2v) is 20.3. The molecule has 18 nitrogen and oxygen atoms in total. The summed E-state index contributed by atoms with van der Waals surface area (Å²) in [6, 6.07) is 0. The van der Waals surface area contributed by atoms with Crippen molar-refractivity contribution in [2.24, 2.45) is 46.3 Å². The van der Waals surface area contributed by atoms with Crippen LogP contribution in [0.25, 0.3) is 0 Å². The van der Waals surface area contributed by atoms with Gasteiger partial charge in [0.15, 0.2) is 25.2 Å². The number of carbonyl (C=O) groups excluding carboxylic acids is 1. The summed E-state index contributed by atoms with van der Waals surface area (Å²) in [5.74, 6) is 0.543. The van der Waals surface area contributed by atoms with Crippen LogP contribution in [0, 0.1) is 46.3 Å². The summed E-state index contributed by atoms with van der Waals surface area (Å²) >= 11 is 0. The molecule has 10 N–H and O–H groups in total. The maximum atomic E-state index is 13.4. The molecule has 63 heavy (non-hydrogen) atoms. The van der Waals surface area contributed by atoms with E-state index < -0.39 is 123 Å². The van der Waals surface area contributed by atoms with Crippen molar-refractivity contribution in [3.63, 3.8) is 0 Å². The summed E-state index contributed by atoms with van der Waals surface area (Å²) in [7, 11) is 0. The number of hydrogen-bond acceptors (Lipinski definition) is 18. The standard InChI is InChI=1S/C45H70O18/c1-18(2)12-24-19(3)30-27(59-40(24)56)14-26-23-7-6-21-13-22(8-10-44(21,5)25(23)9-11-45(26,30)17-48)58-42-38(35(53)32(50)28(15-46)60-42)63-43-39(36(54)33(51)29(16-47)61-43)62-41-37(55)34(52)31(49)20(4)57-41/h6,12,17,19-20,22-43,46-47,49-56H,7-11,13-16H2,1-5H3/t19-,20?,22?,23-,24-,25+,26+,27?,28?,29?,30+,31?,32?,33?,34?,35?,36?,37?,38?,39?,40-,41?,42?,43?,44+,45-/m1/s1. The van der Waals surface area contributed by atoms with Gasteiger partial charge in [0.2, 0.25) is 0 Å². The molecule has 4 aliphatic carbocycles. The van der Waals surface area contributed by atoms with Crippen molar-refractivity contribution in [1.29, 1.82) is 0 Å². The molecule has 26 atom stereocenters. The molecule has 8 aliphatic rings. The van der Waals surface area contributed by atoms with Crippen LogP contribution in [0.5, 0.6) is 0 Å². The van der Waals surface area contributed by atoms with E-state index in [0.717, 1.165) is 37.7 Å². The summed E-state index contributed by atoms with van der Waals surface area (Å²) < 4.78 is 42.5. The van der Waals surface area contributed by atoms with Crippen LogP contribution in [0.4, 0.5) is 0 Å². The Morgan fingerprint density at radius 3 is 1.97 bits per heavy atom. The number of rotatable bonds is 10. The fourth-order valence-electron chi connectivity index (χ4n) is 13.3. The Balaban J connectivity index is 1.00. The number of allylic oxidation sites excluding steroid dienone is 2. The van der Waals surface area contributed by atoms with Gasteiger partial charge in [0.1, 0.15) is 73.4 Å². The maximum absolute atomic E-state index is 13.4. The van der Waals surface area contributed by atoms with Crippen molar-refractivity contribution in [3.8, 4) is 0 Å². The molecular formula is C45H70O18. The van der Waals surface area contributed by atoms with Crippen molar-refractivity contribution in [2.45, 2.75) is 190 Å². The monoisotopic (exact) mass is 898 g/mol. The third-order valence-corrected chi connectivity index (χ3v) is 16.7. The zero-order valence-electron chi connectivity index (χ0n) is 36.7. The first kappa shape index (κ1) is 47.9. The van der Waals surface area contributed by atoms with Gasteiger partial charge in [-0.05, 0) is 94.8 Å². The first-order valence-corrected chi connectivity index (χ1v) is 22.9. The van der Waals surface area contributed by atoms with E-state index in [4.69, 9.17) is 33.2 Å². The van der Waals surface area contributed by atoms with Crippen LogP contribution in [0.3, 0.4) is 0 Å². The van der Waals surface area contributed by atoms with Crippen LogP contribution in [-0.4, -0.2) is 181 Å². The van der Waals surface area contributed by atoms with Crippen molar-refractivity contribution >= 4 is 6.29 Å². The Morgan fingerprint density at radius 1 is 0.746 bits per heavy atom. The van der Waals surface area contributed by atoms with Gasteiger partial charge in [-0.25, -0.2) is 0 Å². The van der Waals surface area contributed by atoms with Gasteiger partial charge in [0.25, 0.3) is 0 Å². The Morgan fingerprint density at radius 2 is 1.37 bits per heavy atom. The van der Waals surface area contributed by atoms with Gasteiger partial charge in [-0.15, -0.1) is 0 Å². The lowest BCUT2D eigenvalue weighted by atomic mass is 9.46. The second kappa shape index (κ2) is 18.5. The quantitative estimate of drug-likeness (QED) is 0.0945. The summed E-state index contributed by atoms with van der Waals surface area (Å²) in [6.45, 7) is 8.47. The van der Waals surface area contributed by atoms with Crippen LogP contribution >= 0.6 is 0 Å². The molecule has 8 rings (SSSR count). The van der Waals surface area contributed by atoms with E-state index in [2.05, 4.69) is 26.0 Å². The highest BCUT2D eigenvalue weighted by molar-refractivity contribution is 5.63. The highest BCUT2D eigenvalue weighted by Crippen LogP contribution is 2.68. The van der Waals surface area contributed by atoms with Crippen LogP contribution < -0.4 is 0 Å². The predicted molar refractivity (Wildman–Crippen MR) is 216 cm³/mol. The molecule has 7 fully saturated rings. The van der Waals surface area contributed by atoms with Gasteiger partial charge >= 0.3 is 0 Å². The van der Waals surface area contributed by atoms with E-state index in [1.807, 2.05) is 13.8 Å². The Labute approximate surface area is 367 Å². The van der Waals surface area contributed by atoms with Crippen molar-refractivity contribution in [3.05, 3.63) is 23.3 Å². The summed E-state index contributed by atoms with van der Waals surface area (Å²) in [5, 5.41) is 107. The van der Waals surface area contributed by atoms with E-state index in [-0.39, 0.29) is 41.1 Å². The van der Waals surface area contributed by atoms with Crippen molar-refractivity contribution < 1.29 is 89.0 Å². The topological polar surface area (TPSA) is 284 Å². The van der Waals surface area contributed by atoms with Gasteiger partial charge in [0.05, 0.1) is 31.5 Å². The summed E-state index contributed by atoms with van der Waals surface area (Å²) in [4.78, 5) is 13.4. The molecule has 0 amide bonds. The minimum absolute atomic E-state index is 0.0102. The number of fused-ring (bicyclic) bond motifs is 7. The number of aliphatic hydroxyl groups is 10. The minimum atomic E-state index is -1.84. The smallest absolute Gasteiger partial charge is 0.187 e. The average Bonchev–Trinajstić information content (AvgIpc) is 3.60. The number of aldehydes is 1. The molecule has 0 spiro atoms. The fourth-order valence-corrected chi connectivity index (χ4v) is 13.3. The number of hydrogen-bond donors (Lipinski definition) is 10. The number of aliphatic hydroxyl groups excluding tert-OH is 10. The van der Waals surface area contributed by atoms with Gasteiger partial charge in [-0.2, -0.15) is 0 Å².